The van der Waals surface area contributed by atoms with Crippen molar-refractivity contribution in [3.8, 4) is 5.88 Å². The summed E-state index contributed by atoms with van der Waals surface area (Å²) in [5.74, 6) is 0.737. The normalized spacial score (nSPS) is 12.7. The first-order valence-corrected chi connectivity index (χ1v) is 7.96. The summed E-state index contributed by atoms with van der Waals surface area (Å²) in [7, 11) is 0. The van der Waals surface area contributed by atoms with Crippen molar-refractivity contribution in [2.24, 2.45) is 0 Å². The molecule has 3 nitrogen and oxygen atoms in total. The molecule has 1 aromatic heterocycles. The van der Waals surface area contributed by atoms with Crippen LogP contribution in [0.25, 0.3) is 0 Å². The van der Waals surface area contributed by atoms with Gasteiger partial charge in [0.05, 0.1) is 6.10 Å². The maximum atomic E-state index is 5.84. The van der Waals surface area contributed by atoms with Gasteiger partial charge in [-0.3, -0.25) is 0 Å². The van der Waals surface area contributed by atoms with Gasteiger partial charge in [-0.25, -0.2) is 4.98 Å². The van der Waals surface area contributed by atoms with E-state index in [1.54, 1.807) is 0 Å². The van der Waals surface area contributed by atoms with Crippen molar-refractivity contribution in [1.29, 1.82) is 0 Å². The average molecular weight is 278 g/mol. The van der Waals surface area contributed by atoms with Gasteiger partial charge in [0.25, 0.3) is 0 Å². The van der Waals surface area contributed by atoms with Crippen molar-refractivity contribution < 1.29 is 4.74 Å². The number of rotatable bonds is 10. The van der Waals surface area contributed by atoms with Crippen LogP contribution in [0.2, 0.25) is 0 Å². The van der Waals surface area contributed by atoms with Gasteiger partial charge in [0.15, 0.2) is 0 Å². The zero-order chi connectivity index (χ0) is 14.8. The Labute approximate surface area is 124 Å². The Hall–Kier alpha value is -1.09. The van der Waals surface area contributed by atoms with E-state index in [0.717, 1.165) is 18.8 Å². The highest BCUT2D eigenvalue weighted by atomic mass is 16.5. The van der Waals surface area contributed by atoms with Crippen LogP contribution >= 0.6 is 0 Å². The number of hydrogen-bond acceptors (Lipinski definition) is 3. The smallest absolute Gasteiger partial charge is 0.213 e. The fraction of sp³-hybridized carbons (Fsp3) is 0.706. The molecule has 1 unspecified atom stereocenters. The Balaban J connectivity index is 2.29. The second-order valence-electron chi connectivity index (χ2n) is 5.82. The molecule has 1 heterocycles. The SMILES string of the molecule is CCCCCCC(C)Oc1ccc(CNC(C)C)cn1. The molecule has 0 radical (unpaired) electrons. The quantitative estimate of drug-likeness (QED) is 0.647. The van der Waals surface area contributed by atoms with Gasteiger partial charge in [0.1, 0.15) is 0 Å². The highest BCUT2D eigenvalue weighted by Gasteiger charge is 2.05. The highest BCUT2D eigenvalue weighted by molar-refractivity contribution is 5.17. The van der Waals surface area contributed by atoms with Gasteiger partial charge in [-0.2, -0.15) is 0 Å². The molecule has 0 saturated carbocycles. The molecular formula is C17H30N2O. The van der Waals surface area contributed by atoms with Crippen LogP contribution in [-0.2, 0) is 6.54 Å². The summed E-state index contributed by atoms with van der Waals surface area (Å²) in [4.78, 5) is 4.38. The molecule has 0 amide bonds. The molecule has 0 bridgehead atoms. The maximum absolute atomic E-state index is 5.84. The number of hydrogen-bond donors (Lipinski definition) is 1. The van der Waals surface area contributed by atoms with Crippen LogP contribution < -0.4 is 10.1 Å². The fourth-order valence-corrected chi connectivity index (χ4v) is 2.03. The molecule has 1 atom stereocenters. The lowest BCUT2D eigenvalue weighted by Gasteiger charge is -2.14. The van der Waals surface area contributed by atoms with E-state index < -0.39 is 0 Å². The van der Waals surface area contributed by atoms with Crippen LogP contribution in [-0.4, -0.2) is 17.1 Å². The first kappa shape index (κ1) is 17.0. The van der Waals surface area contributed by atoms with Crippen LogP contribution in [0, 0.1) is 0 Å². The van der Waals surface area contributed by atoms with E-state index in [-0.39, 0.29) is 6.10 Å². The largest absolute Gasteiger partial charge is 0.475 e. The van der Waals surface area contributed by atoms with Crippen molar-refractivity contribution in [2.45, 2.75) is 78.5 Å². The average Bonchev–Trinajstić information content (AvgIpc) is 2.43. The van der Waals surface area contributed by atoms with Gasteiger partial charge in [-0.1, -0.05) is 46.1 Å². The second kappa shape index (κ2) is 9.76. The number of nitrogens with one attached hydrogen (secondary N) is 1. The molecule has 20 heavy (non-hydrogen) atoms. The third-order valence-corrected chi connectivity index (χ3v) is 3.30. The summed E-state index contributed by atoms with van der Waals surface area (Å²) < 4.78 is 5.84. The summed E-state index contributed by atoms with van der Waals surface area (Å²) >= 11 is 0. The second-order valence-corrected chi connectivity index (χ2v) is 5.82. The molecule has 1 N–H and O–H groups in total. The van der Waals surface area contributed by atoms with E-state index in [1.165, 1.54) is 31.2 Å². The lowest BCUT2D eigenvalue weighted by molar-refractivity contribution is 0.198. The summed E-state index contributed by atoms with van der Waals surface area (Å²) in [6.07, 6.45) is 8.40. The van der Waals surface area contributed by atoms with Crippen molar-refractivity contribution in [3.63, 3.8) is 0 Å². The summed E-state index contributed by atoms with van der Waals surface area (Å²) in [5.41, 5.74) is 1.20. The third-order valence-electron chi connectivity index (χ3n) is 3.30. The topological polar surface area (TPSA) is 34.1 Å². The van der Waals surface area contributed by atoms with E-state index in [2.05, 4.69) is 44.1 Å². The molecule has 114 valence electrons. The fourth-order valence-electron chi connectivity index (χ4n) is 2.03. The van der Waals surface area contributed by atoms with Crippen LogP contribution in [0.4, 0.5) is 0 Å². The predicted molar refractivity (Wildman–Crippen MR) is 85.1 cm³/mol. The molecule has 0 fully saturated rings. The Bertz CT molecular complexity index is 349. The number of nitrogens with zero attached hydrogens (tertiary/aromatic N) is 1. The maximum Gasteiger partial charge on any atom is 0.213 e. The van der Waals surface area contributed by atoms with E-state index in [1.807, 2.05) is 12.3 Å². The first-order valence-electron chi connectivity index (χ1n) is 7.96. The van der Waals surface area contributed by atoms with Crippen molar-refractivity contribution in [1.82, 2.24) is 10.3 Å². The molecule has 0 saturated heterocycles. The third kappa shape index (κ3) is 7.49. The minimum atomic E-state index is 0.249. The lowest BCUT2D eigenvalue weighted by atomic mass is 10.1. The zero-order valence-corrected chi connectivity index (χ0v) is 13.5. The van der Waals surface area contributed by atoms with Gasteiger partial charge in [0.2, 0.25) is 5.88 Å². The van der Waals surface area contributed by atoms with Gasteiger partial charge >= 0.3 is 0 Å². The minimum Gasteiger partial charge on any atom is -0.475 e. The molecule has 3 heteroatoms. The number of ether oxygens (including phenoxy) is 1. The predicted octanol–water partition coefficient (Wildman–Crippen LogP) is 4.32. The van der Waals surface area contributed by atoms with Crippen molar-refractivity contribution in [3.05, 3.63) is 23.9 Å². The number of unbranched alkanes of at least 4 members (excludes halogenated alkanes) is 3. The van der Waals surface area contributed by atoms with E-state index in [4.69, 9.17) is 4.74 Å². The van der Waals surface area contributed by atoms with Gasteiger partial charge in [-0.05, 0) is 25.3 Å². The number of aromatic nitrogens is 1. The molecule has 0 aliphatic rings. The number of pyridine rings is 1. The Morgan fingerprint density at radius 3 is 2.55 bits per heavy atom. The van der Waals surface area contributed by atoms with E-state index in [9.17, 15) is 0 Å². The van der Waals surface area contributed by atoms with Crippen LogP contribution in [0.5, 0.6) is 5.88 Å². The monoisotopic (exact) mass is 278 g/mol. The molecule has 0 aliphatic carbocycles. The van der Waals surface area contributed by atoms with Crippen molar-refractivity contribution >= 4 is 0 Å². The van der Waals surface area contributed by atoms with E-state index >= 15 is 0 Å². The first-order chi connectivity index (χ1) is 9.61. The molecule has 0 spiro atoms. The summed E-state index contributed by atoms with van der Waals surface area (Å²) in [6, 6.07) is 4.55. The van der Waals surface area contributed by atoms with Gasteiger partial charge in [-0.15, -0.1) is 0 Å². The molecule has 0 aliphatic heterocycles. The zero-order valence-electron chi connectivity index (χ0n) is 13.5. The molecule has 1 rings (SSSR count). The highest BCUT2D eigenvalue weighted by Crippen LogP contribution is 2.13. The summed E-state index contributed by atoms with van der Waals surface area (Å²) in [6.45, 7) is 9.51. The Morgan fingerprint density at radius 1 is 1.15 bits per heavy atom. The Kier molecular flexibility index (Phi) is 8.28. The molecular weight excluding hydrogens is 248 g/mol. The lowest BCUT2D eigenvalue weighted by Crippen LogP contribution is -2.21. The van der Waals surface area contributed by atoms with Gasteiger partial charge < -0.3 is 10.1 Å². The van der Waals surface area contributed by atoms with Gasteiger partial charge in [0, 0.05) is 24.8 Å². The van der Waals surface area contributed by atoms with Crippen LogP contribution in [0.3, 0.4) is 0 Å². The van der Waals surface area contributed by atoms with Crippen molar-refractivity contribution in [2.75, 3.05) is 0 Å². The minimum absolute atomic E-state index is 0.249. The standard InChI is InChI=1S/C17H30N2O/c1-5-6-7-8-9-15(4)20-17-11-10-16(13-19-17)12-18-14(2)3/h10-11,13-15,18H,5-9,12H2,1-4H3. The van der Waals surface area contributed by atoms with Crippen LogP contribution in [0.15, 0.2) is 18.3 Å². The molecule has 0 aromatic carbocycles. The van der Waals surface area contributed by atoms with E-state index in [0.29, 0.717) is 6.04 Å². The Morgan fingerprint density at radius 2 is 1.95 bits per heavy atom. The molecule has 1 aromatic rings. The van der Waals surface area contributed by atoms with Crippen LogP contribution in [0.1, 0.15) is 65.4 Å². The summed E-state index contributed by atoms with van der Waals surface area (Å²) in [5, 5.41) is 3.38.